The summed E-state index contributed by atoms with van der Waals surface area (Å²) < 4.78 is 30.5. The molecule has 0 bridgehead atoms. The molecule has 0 spiro atoms. The average Bonchev–Trinajstić information content (AvgIpc) is 2.23. The topological polar surface area (TPSA) is 81.4 Å². The number of aryl methyl sites for hydroxylation is 1. The van der Waals surface area contributed by atoms with Crippen LogP contribution >= 0.6 is 12.2 Å². The molecule has 1 aromatic carbocycles. The zero-order valence-electron chi connectivity index (χ0n) is 10.0. The van der Waals surface area contributed by atoms with Crippen LogP contribution in [0.3, 0.4) is 0 Å². The molecule has 5 nitrogen and oxygen atoms in total. The number of nitrogens with one attached hydrogen (secondary N) is 1. The van der Waals surface area contributed by atoms with Crippen LogP contribution in [0.1, 0.15) is 5.56 Å². The first kappa shape index (κ1) is 14.9. The Labute approximate surface area is 112 Å². The van der Waals surface area contributed by atoms with Crippen molar-refractivity contribution in [3.63, 3.8) is 0 Å². The number of sulfonamides is 1. The van der Waals surface area contributed by atoms with E-state index in [9.17, 15) is 8.42 Å². The van der Waals surface area contributed by atoms with Crippen molar-refractivity contribution in [1.29, 1.82) is 0 Å². The van der Waals surface area contributed by atoms with Gasteiger partial charge in [0.15, 0.2) is 0 Å². The second-order valence-electron chi connectivity index (χ2n) is 3.78. The van der Waals surface area contributed by atoms with Crippen molar-refractivity contribution in [1.82, 2.24) is 4.72 Å². The molecule has 0 fully saturated rings. The highest BCUT2D eigenvalue weighted by atomic mass is 32.2. The number of hydrogen-bond donors (Lipinski definition) is 2. The van der Waals surface area contributed by atoms with Crippen LogP contribution in [0.2, 0.25) is 0 Å². The molecule has 0 saturated heterocycles. The van der Waals surface area contributed by atoms with Crippen LogP contribution in [-0.4, -0.2) is 32.3 Å². The molecule has 1 aromatic rings. The maximum Gasteiger partial charge on any atom is 0.218 e. The van der Waals surface area contributed by atoms with Gasteiger partial charge in [0.25, 0.3) is 0 Å². The first-order valence-electron chi connectivity index (χ1n) is 5.34. The summed E-state index contributed by atoms with van der Waals surface area (Å²) in [5.41, 5.74) is 6.26. The monoisotopic (exact) mass is 288 g/mol. The lowest BCUT2D eigenvalue weighted by Gasteiger charge is -2.08. The Balaban J connectivity index is 2.33. The number of rotatable bonds is 7. The van der Waals surface area contributed by atoms with E-state index in [1.165, 1.54) is 0 Å². The van der Waals surface area contributed by atoms with Gasteiger partial charge >= 0.3 is 0 Å². The van der Waals surface area contributed by atoms with Crippen LogP contribution in [-0.2, 0) is 10.0 Å². The Morgan fingerprint density at radius 1 is 1.50 bits per heavy atom. The summed E-state index contributed by atoms with van der Waals surface area (Å²) in [6.45, 7) is 2.39. The maximum atomic E-state index is 11.4. The highest BCUT2D eigenvalue weighted by Crippen LogP contribution is 2.11. The molecule has 0 saturated carbocycles. The van der Waals surface area contributed by atoms with Crippen LogP contribution < -0.4 is 15.2 Å². The second-order valence-corrected chi connectivity index (χ2v) is 6.12. The van der Waals surface area contributed by atoms with Crippen molar-refractivity contribution in [3.8, 4) is 5.75 Å². The van der Waals surface area contributed by atoms with Gasteiger partial charge in [-0.2, -0.15) is 0 Å². The average molecular weight is 288 g/mol. The summed E-state index contributed by atoms with van der Waals surface area (Å²) in [5.74, 6) is 0.371. The number of thiocarbonyl (C=S) groups is 1. The van der Waals surface area contributed by atoms with E-state index in [0.29, 0.717) is 5.75 Å². The molecule has 18 heavy (non-hydrogen) atoms. The van der Waals surface area contributed by atoms with E-state index in [1.54, 1.807) is 0 Å². The quantitative estimate of drug-likeness (QED) is 0.566. The van der Waals surface area contributed by atoms with Crippen LogP contribution in [0.5, 0.6) is 5.75 Å². The van der Waals surface area contributed by atoms with Gasteiger partial charge in [-0.25, -0.2) is 13.1 Å². The number of ether oxygens (including phenoxy) is 1. The van der Waals surface area contributed by atoms with Crippen LogP contribution in [0, 0.1) is 6.92 Å². The van der Waals surface area contributed by atoms with E-state index in [0.717, 1.165) is 5.56 Å². The van der Waals surface area contributed by atoms with Gasteiger partial charge in [-0.05, 0) is 24.6 Å². The zero-order valence-corrected chi connectivity index (χ0v) is 11.7. The van der Waals surface area contributed by atoms with Gasteiger partial charge in [-0.3, -0.25) is 0 Å². The Hall–Kier alpha value is -1.18. The van der Waals surface area contributed by atoms with Crippen molar-refractivity contribution >= 4 is 27.2 Å². The van der Waals surface area contributed by atoms with Crippen molar-refractivity contribution in [2.45, 2.75) is 6.92 Å². The smallest absolute Gasteiger partial charge is 0.218 e. The van der Waals surface area contributed by atoms with E-state index in [4.69, 9.17) is 10.5 Å². The highest BCUT2D eigenvalue weighted by molar-refractivity contribution is 7.92. The minimum absolute atomic E-state index is 0.0536. The summed E-state index contributed by atoms with van der Waals surface area (Å²) >= 11 is 4.54. The fraction of sp³-hybridized carbons (Fsp3) is 0.364. The van der Waals surface area contributed by atoms with Crippen LogP contribution in [0.25, 0.3) is 0 Å². The van der Waals surface area contributed by atoms with Gasteiger partial charge in [-0.1, -0.05) is 24.4 Å². The molecule has 0 atom stereocenters. The van der Waals surface area contributed by atoms with Crippen molar-refractivity contribution in [2.75, 3.05) is 18.9 Å². The third-order valence-corrected chi connectivity index (χ3v) is 3.68. The number of benzene rings is 1. The Morgan fingerprint density at radius 3 is 2.83 bits per heavy atom. The third-order valence-electron chi connectivity index (χ3n) is 2.01. The largest absolute Gasteiger partial charge is 0.492 e. The molecule has 0 aromatic heterocycles. The number of nitrogens with two attached hydrogens (primary N) is 1. The molecule has 100 valence electrons. The first-order valence-corrected chi connectivity index (χ1v) is 7.40. The minimum Gasteiger partial charge on any atom is -0.492 e. The Kier molecular flexibility index (Phi) is 5.52. The normalized spacial score (nSPS) is 11.2. The molecule has 0 unspecified atom stereocenters. The predicted octanol–water partition coefficient (Wildman–Crippen LogP) is 0.579. The lowest BCUT2D eigenvalue weighted by Crippen LogP contribution is -2.34. The summed E-state index contributed by atoms with van der Waals surface area (Å²) in [4.78, 5) is -0.0536. The van der Waals surface area contributed by atoms with Crippen molar-refractivity contribution < 1.29 is 13.2 Å². The summed E-state index contributed by atoms with van der Waals surface area (Å²) in [6.07, 6.45) is 0. The summed E-state index contributed by atoms with van der Waals surface area (Å²) in [7, 11) is -3.44. The summed E-state index contributed by atoms with van der Waals surface area (Å²) in [5, 5.41) is 0. The lowest BCUT2D eigenvalue weighted by molar-refractivity contribution is 0.322. The molecular formula is C11H16N2O3S2. The van der Waals surface area contributed by atoms with E-state index in [2.05, 4.69) is 16.9 Å². The molecule has 7 heteroatoms. The van der Waals surface area contributed by atoms with Gasteiger partial charge in [0.1, 0.15) is 18.1 Å². The van der Waals surface area contributed by atoms with E-state index in [-0.39, 0.29) is 23.9 Å². The van der Waals surface area contributed by atoms with E-state index < -0.39 is 10.0 Å². The van der Waals surface area contributed by atoms with E-state index >= 15 is 0 Å². The summed E-state index contributed by atoms with van der Waals surface area (Å²) in [6, 6.07) is 7.53. The molecule has 0 aliphatic rings. The molecule has 0 radical (unpaired) electrons. The van der Waals surface area contributed by atoms with Crippen molar-refractivity contribution in [2.24, 2.45) is 5.73 Å². The van der Waals surface area contributed by atoms with Gasteiger partial charge in [-0.15, -0.1) is 0 Å². The van der Waals surface area contributed by atoms with Gasteiger partial charge < -0.3 is 10.5 Å². The third kappa shape index (κ3) is 5.95. The molecule has 1 rings (SSSR count). The minimum atomic E-state index is -3.44. The fourth-order valence-corrected chi connectivity index (χ4v) is 2.65. The molecule has 0 aliphatic heterocycles. The fourth-order valence-electron chi connectivity index (χ4n) is 1.31. The predicted molar refractivity (Wildman–Crippen MR) is 75.2 cm³/mol. The number of hydrogen-bond acceptors (Lipinski definition) is 4. The molecule has 0 aliphatic carbocycles. The maximum absolute atomic E-state index is 11.4. The molecule has 3 N–H and O–H groups in total. The highest BCUT2D eigenvalue weighted by Gasteiger charge is 2.10. The SMILES string of the molecule is Cc1cccc(OCCNS(=O)(=O)CC(N)=S)c1. The molecular weight excluding hydrogens is 272 g/mol. The van der Waals surface area contributed by atoms with E-state index in [1.807, 2.05) is 31.2 Å². The van der Waals surface area contributed by atoms with Crippen LogP contribution in [0.15, 0.2) is 24.3 Å². The second kappa shape index (κ2) is 6.67. The van der Waals surface area contributed by atoms with Gasteiger partial charge in [0.05, 0.1) is 4.99 Å². The Bertz CT molecular complexity index is 515. The standard InChI is InChI=1S/C11H16N2O3S2/c1-9-3-2-4-10(7-9)16-6-5-13-18(14,15)8-11(12)17/h2-4,7,13H,5-6,8H2,1H3,(H2,12,17). The Morgan fingerprint density at radius 2 is 2.22 bits per heavy atom. The van der Waals surface area contributed by atoms with Gasteiger partial charge in [0.2, 0.25) is 10.0 Å². The molecule has 0 amide bonds. The van der Waals surface area contributed by atoms with Gasteiger partial charge in [0, 0.05) is 6.54 Å². The zero-order chi connectivity index (χ0) is 13.6. The first-order chi connectivity index (χ1) is 8.39. The van der Waals surface area contributed by atoms with Crippen molar-refractivity contribution in [3.05, 3.63) is 29.8 Å². The lowest BCUT2D eigenvalue weighted by atomic mass is 10.2. The molecule has 0 heterocycles. The van der Waals surface area contributed by atoms with Crippen LogP contribution in [0.4, 0.5) is 0 Å².